The van der Waals surface area contributed by atoms with E-state index < -0.39 is 63.0 Å². The fraction of sp³-hybridized carbons (Fsp3) is 0.133. The number of halogens is 2. The first kappa shape index (κ1) is 17.9. The van der Waals surface area contributed by atoms with Crippen LogP contribution in [0.4, 0.5) is 14.6 Å². The van der Waals surface area contributed by atoms with E-state index in [0.29, 0.717) is 12.1 Å². The number of hydrogen-bond donors (Lipinski definition) is 4. The predicted octanol–water partition coefficient (Wildman–Crippen LogP) is 1.70. The van der Waals surface area contributed by atoms with Crippen molar-refractivity contribution in [2.45, 2.75) is 6.92 Å². The van der Waals surface area contributed by atoms with Gasteiger partial charge in [0.05, 0.1) is 6.61 Å². The lowest BCUT2D eigenvalue weighted by Crippen LogP contribution is -2.24. The Morgan fingerprint density at radius 3 is 2.12 bits per heavy atom. The molecule has 0 aliphatic heterocycles. The lowest BCUT2D eigenvalue weighted by molar-refractivity contribution is 0.0695. The molecule has 0 fully saturated rings. The highest BCUT2D eigenvalue weighted by Crippen LogP contribution is 2.33. The number of ether oxygens (including phenoxy) is 1. The van der Waals surface area contributed by atoms with E-state index in [-0.39, 0.29) is 6.61 Å². The predicted molar refractivity (Wildman–Crippen MR) is 81.9 cm³/mol. The van der Waals surface area contributed by atoms with Gasteiger partial charge in [0, 0.05) is 5.56 Å². The number of aromatic nitrogens is 1. The van der Waals surface area contributed by atoms with E-state index in [0.717, 1.165) is 0 Å². The van der Waals surface area contributed by atoms with Crippen molar-refractivity contribution in [1.29, 1.82) is 0 Å². The molecule has 0 aliphatic carbocycles. The summed E-state index contributed by atoms with van der Waals surface area (Å²) < 4.78 is 32.9. The Bertz CT molecular complexity index is 915. The zero-order valence-electron chi connectivity index (χ0n) is 12.7. The second kappa shape index (κ2) is 6.59. The third-order valence-electron chi connectivity index (χ3n) is 3.25. The molecule has 0 aliphatic rings. The number of pyridine rings is 1. The number of nitrogen functional groups attached to an aromatic ring is 1. The third-order valence-corrected chi connectivity index (χ3v) is 3.25. The number of carboxylic acids is 2. The van der Waals surface area contributed by atoms with Gasteiger partial charge in [0.15, 0.2) is 17.4 Å². The molecule has 1 aromatic carbocycles. The van der Waals surface area contributed by atoms with Crippen LogP contribution in [0.25, 0.3) is 11.1 Å². The number of carbonyl (C=O) groups is 2. The standard InChI is InChI=1S/C15H12F2N2O6/c1-2-25-11-6(16)3-5(4-7(11)17)8-9(14(21)22)12(18)19-13(20)10(8)15(23)24/h3-4H,2H2,1H3,(H,21,22)(H,23,24)(H3,18,19,20). The van der Waals surface area contributed by atoms with Crippen molar-refractivity contribution in [2.24, 2.45) is 0 Å². The number of aromatic amines is 1. The van der Waals surface area contributed by atoms with E-state index in [1.807, 2.05) is 4.98 Å². The van der Waals surface area contributed by atoms with Gasteiger partial charge in [-0.1, -0.05) is 0 Å². The van der Waals surface area contributed by atoms with Gasteiger partial charge in [0.2, 0.25) is 0 Å². The third kappa shape index (κ3) is 3.13. The summed E-state index contributed by atoms with van der Waals surface area (Å²) in [5.41, 5.74) is 1.25. The Labute approximate surface area is 138 Å². The Kier molecular flexibility index (Phi) is 4.72. The van der Waals surface area contributed by atoms with Crippen LogP contribution < -0.4 is 16.0 Å². The summed E-state index contributed by atoms with van der Waals surface area (Å²) in [6.45, 7) is 1.46. The largest absolute Gasteiger partial charge is 0.488 e. The molecule has 25 heavy (non-hydrogen) atoms. The van der Waals surface area contributed by atoms with Crippen molar-refractivity contribution >= 4 is 17.8 Å². The van der Waals surface area contributed by atoms with Gasteiger partial charge in [-0.3, -0.25) is 4.79 Å². The van der Waals surface area contributed by atoms with Crippen LogP contribution in [0.5, 0.6) is 5.75 Å². The van der Waals surface area contributed by atoms with Crippen LogP contribution in [0.15, 0.2) is 16.9 Å². The van der Waals surface area contributed by atoms with Crippen molar-refractivity contribution in [3.8, 4) is 16.9 Å². The molecule has 5 N–H and O–H groups in total. The maximum absolute atomic E-state index is 14.1. The lowest BCUT2D eigenvalue weighted by atomic mass is 9.95. The molecule has 0 bridgehead atoms. The van der Waals surface area contributed by atoms with Crippen LogP contribution >= 0.6 is 0 Å². The van der Waals surface area contributed by atoms with Crippen LogP contribution in [0, 0.1) is 11.6 Å². The van der Waals surface area contributed by atoms with Crippen molar-refractivity contribution < 1.29 is 33.3 Å². The van der Waals surface area contributed by atoms with Gasteiger partial charge >= 0.3 is 11.9 Å². The number of carboxylic acid groups (broad SMARTS) is 2. The van der Waals surface area contributed by atoms with Crippen molar-refractivity contribution in [3.63, 3.8) is 0 Å². The highest BCUT2D eigenvalue weighted by atomic mass is 19.1. The minimum Gasteiger partial charge on any atom is -0.488 e. The monoisotopic (exact) mass is 354 g/mol. The molecule has 0 spiro atoms. The normalized spacial score (nSPS) is 10.5. The summed E-state index contributed by atoms with van der Waals surface area (Å²) in [5, 5.41) is 18.5. The number of H-pyrrole nitrogens is 1. The molecule has 0 saturated carbocycles. The SMILES string of the molecule is CCOc1c(F)cc(-c2c(C(=O)O)c(N)[nH]c(=O)c2C(=O)O)cc1F. The van der Waals surface area contributed by atoms with Gasteiger partial charge in [-0.05, 0) is 24.6 Å². The number of benzene rings is 1. The second-order valence-corrected chi connectivity index (χ2v) is 4.81. The highest BCUT2D eigenvalue weighted by molar-refractivity contribution is 6.07. The zero-order valence-corrected chi connectivity index (χ0v) is 12.7. The summed E-state index contributed by atoms with van der Waals surface area (Å²) >= 11 is 0. The summed E-state index contributed by atoms with van der Waals surface area (Å²) in [6.07, 6.45) is 0. The molecular weight excluding hydrogens is 342 g/mol. The zero-order chi connectivity index (χ0) is 18.9. The molecule has 2 rings (SSSR count). The molecule has 0 atom stereocenters. The van der Waals surface area contributed by atoms with Gasteiger partial charge in [0.1, 0.15) is 16.9 Å². The number of hydrogen-bond acceptors (Lipinski definition) is 5. The first-order valence-electron chi connectivity index (χ1n) is 6.83. The van der Waals surface area contributed by atoms with Gasteiger partial charge < -0.3 is 25.7 Å². The summed E-state index contributed by atoms with van der Waals surface area (Å²) in [5.74, 6) is -7.20. The number of anilines is 1. The number of rotatable bonds is 5. The molecule has 8 nitrogen and oxygen atoms in total. The van der Waals surface area contributed by atoms with E-state index in [2.05, 4.69) is 0 Å². The topological polar surface area (TPSA) is 143 Å². The van der Waals surface area contributed by atoms with E-state index >= 15 is 0 Å². The molecule has 2 aromatic rings. The second-order valence-electron chi connectivity index (χ2n) is 4.81. The summed E-state index contributed by atoms with van der Waals surface area (Å²) in [7, 11) is 0. The molecule has 1 aromatic heterocycles. The molecule has 0 radical (unpaired) electrons. The molecule has 10 heteroatoms. The van der Waals surface area contributed by atoms with Gasteiger partial charge in [-0.15, -0.1) is 0 Å². The molecule has 0 unspecified atom stereocenters. The first-order valence-corrected chi connectivity index (χ1v) is 6.83. The number of nitrogens with one attached hydrogen (secondary N) is 1. The average Bonchev–Trinajstić information content (AvgIpc) is 2.48. The van der Waals surface area contributed by atoms with Crippen LogP contribution in [-0.4, -0.2) is 33.7 Å². The lowest BCUT2D eigenvalue weighted by Gasteiger charge is -2.14. The Morgan fingerprint density at radius 2 is 1.68 bits per heavy atom. The number of aromatic carboxylic acids is 2. The van der Waals surface area contributed by atoms with E-state index in [4.69, 9.17) is 10.5 Å². The smallest absolute Gasteiger partial charge is 0.342 e. The van der Waals surface area contributed by atoms with E-state index in [1.165, 1.54) is 6.92 Å². The maximum atomic E-state index is 14.1. The van der Waals surface area contributed by atoms with Crippen molar-refractivity contribution in [1.82, 2.24) is 4.98 Å². The summed E-state index contributed by atoms with van der Waals surface area (Å²) in [6, 6.07) is 1.34. The van der Waals surface area contributed by atoms with Crippen LogP contribution in [0.2, 0.25) is 0 Å². The fourth-order valence-corrected chi connectivity index (χ4v) is 2.32. The van der Waals surface area contributed by atoms with Gasteiger partial charge in [-0.2, -0.15) is 0 Å². The molecular formula is C15H12F2N2O6. The van der Waals surface area contributed by atoms with E-state index in [9.17, 15) is 33.4 Å². The fourth-order valence-electron chi connectivity index (χ4n) is 2.32. The van der Waals surface area contributed by atoms with Crippen molar-refractivity contribution in [2.75, 3.05) is 12.3 Å². The maximum Gasteiger partial charge on any atom is 0.342 e. The van der Waals surface area contributed by atoms with Gasteiger partial charge in [-0.25, -0.2) is 18.4 Å². The van der Waals surface area contributed by atoms with Crippen molar-refractivity contribution in [3.05, 3.63) is 45.2 Å². The van der Waals surface area contributed by atoms with Crippen LogP contribution in [0.1, 0.15) is 27.6 Å². The van der Waals surface area contributed by atoms with Crippen LogP contribution in [0.3, 0.4) is 0 Å². The van der Waals surface area contributed by atoms with E-state index in [1.54, 1.807) is 0 Å². The van der Waals surface area contributed by atoms with Crippen LogP contribution in [-0.2, 0) is 0 Å². The molecule has 1 heterocycles. The Morgan fingerprint density at radius 1 is 1.16 bits per heavy atom. The first-order chi connectivity index (χ1) is 11.7. The molecule has 0 amide bonds. The minimum absolute atomic E-state index is 0.0358. The summed E-state index contributed by atoms with van der Waals surface area (Å²) in [4.78, 5) is 36.6. The average molecular weight is 354 g/mol. The van der Waals surface area contributed by atoms with Gasteiger partial charge in [0.25, 0.3) is 5.56 Å². The number of nitrogens with two attached hydrogens (primary N) is 1. The quantitative estimate of drug-likeness (QED) is 0.640. The molecule has 132 valence electrons. The Hall–Kier alpha value is -3.43. The minimum atomic E-state index is -1.78. The Balaban J connectivity index is 2.93. The molecule has 0 saturated heterocycles. The highest BCUT2D eigenvalue weighted by Gasteiger charge is 2.28.